The van der Waals surface area contributed by atoms with Crippen LogP contribution in [0.2, 0.25) is 0 Å². The number of ether oxygens (including phenoxy) is 2. The van der Waals surface area contributed by atoms with Crippen molar-refractivity contribution < 1.29 is 18.7 Å². The molecule has 1 aliphatic heterocycles. The van der Waals surface area contributed by atoms with E-state index in [0.717, 1.165) is 4.90 Å². The highest BCUT2D eigenvalue weighted by atomic mass is 32.1. The Bertz CT molecular complexity index is 882. The van der Waals surface area contributed by atoms with Crippen molar-refractivity contribution in [3.05, 3.63) is 59.5 Å². The number of hydrogen-bond acceptors (Lipinski definition) is 4. The van der Waals surface area contributed by atoms with Gasteiger partial charge in [-0.1, -0.05) is 12.1 Å². The number of nitrogens with one attached hydrogen (secondary N) is 1. The van der Waals surface area contributed by atoms with Crippen LogP contribution in [-0.2, 0) is 4.79 Å². The van der Waals surface area contributed by atoms with Crippen molar-refractivity contribution in [2.75, 3.05) is 19.1 Å². The number of para-hydroxylation sites is 1. The lowest BCUT2D eigenvalue weighted by atomic mass is 10.1. The molecule has 0 bridgehead atoms. The van der Waals surface area contributed by atoms with E-state index in [4.69, 9.17) is 21.7 Å². The number of methoxy groups -OCH3 is 2. The number of benzene rings is 2. The van der Waals surface area contributed by atoms with Crippen LogP contribution in [0.3, 0.4) is 0 Å². The SMILES string of the molecule is COc1ccc(/C=C2\NC(=S)N(c3ccccc3F)C2=O)c(OC)c1. The van der Waals surface area contributed by atoms with Gasteiger partial charge in [-0.05, 0) is 42.6 Å². The fourth-order valence-corrected chi connectivity index (χ4v) is 2.77. The molecule has 2 aromatic rings. The number of hydrogen-bond donors (Lipinski definition) is 1. The van der Waals surface area contributed by atoms with Crippen LogP contribution in [0.15, 0.2) is 48.2 Å². The maximum atomic E-state index is 14.0. The zero-order valence-corrected chi connectivity index (χ0v) is 14.4. The summed E-state index contributed by atoms with van der Waals surface area (Å²) in [5.74, 6) is 0.209. The molecule has 0 atom stereocenters. The van der Waals surface area contributed by atoms with E-state index in [0.29, 0.717) is 17.1 Å². The molecule has 2 aromatic carbocycles. The second kappa shape index (κ2) is 6.90. The van der Waals surface area contributed by atoms with Gasteiger partial charge in [0, 0.05) is 11.6 Å². The average molecular weight is 358 g/mol. The Morgan fingerprint density at radius 1 is 1.16 bits per heavy atom. The van der Waals surface area contributed by atoms with Gasteiger partial charge in [0.1, 0.15) is 23.0 Å². The van der Waals surface area contributed by atoms with Gasteiger partial charge >= 0.3 is 0 Å². The fourth-order valence-electron chi connectivity index (χ4n) is 2.48. The quantitative estimate of drug-likeness (QED) is 0.672. The van der Waals surface area contributed by atoms with Crippen LogP contribution < -0.4 is 19.7 Å². The summed E-state index contributed by atoms with van der Waals surface area (Å²) in [6.45, 7) is 0. The number of amides is 1. The first-order valence-corrected chi connectivity index (χ1v) is 7.79. The summed E-state index contributed by atoms with van der Waals surface area (Å²) in [6.07, 6.45) is 1.60. The highest BCUT2D eigenvalue weighted by Crippen LogP contribution is 2.29. The molecule has 0 aliphatic carbocycles. The maximum Gasteiger partial charge on any atom is 0.281 e. The standard InChI is InChI=1S/C18H15FN2O3S/c1-23-12-8-7-11(16(10-12)24-2)9-14-17(22)21(18(25)20-14)15-6-4-3-5-13(15)19/h3-10H,1-2H3,(H,20,25)/b14-9-. The topological polar surface area (TPSA) is 50.8 Å². The molecule has 0 aromatic heterocycles. The molecule has 5 nitrogen and oxygen atoms in total. The lowest BCUT2D eigenvalue weighted by Crippen LogP contribution is -2.31. The molecule has 1 fully saturated rings. The molecule has 1 aliphatic rings. The fraction of sp³-hybridized carbons (Fsp3) is 0.111. The number of carbonyl (C=O) groups excluding carboxylic acids is 1. The molecule has 7 heteroatoms. The number of rotatable bonds is 4. The van der Waals surface area contributed by atoms with Crippen molar-refractivity contribution >= 4 is 35.0 Å². The van der Waals surface area contributed by atoms with E-state index in [2.05, 4.69) is 5.32 Å². The van der Waals surface area contributed by atoms with Gasteiger partial charge in [-0.25, -0.2) is 9.29 Å². The van der Waals surface area contributed by atoms with Crippen molar-refractivity contribution in [1.82, 2.24) is 5.32 Å². The van der Waals surface area contributed by atoms with E-state index in [1.807, 2.05) is 0 Å². The number of halogens is 1. The largest absolute Gasteiger partial charge is 0.497 e. The Labute approximate surface area is 149 Å². The highest BCUT2D eigenvalue weighted by Gasteiger charge is 2.33. The van der Waals surface area contributed by atoms with Gasteiger partial charge < -0.3 is 14.8 Å². The average Bonchev–Trinajstić information content (AvgIpc) is 2.89. The number of anilines is 1. The minimum Gasteiger partial charge on any atom is -0.497 e. The molecule has 0 spiro atoms. The first-order chi connectivity index (χ1) is 12.0. The second-order valence-electron chi connectivity index (χ2n) is 5.19. The maximum absolute atomic E-state index is 14.0. The molecule has 1 heterocycles. The molecule has 1 N–H and O–H groups in total. The molecule has 3 rings (SSSR count). The van der Waals surface area contributed by atoms with Gasteiger partial charge in [-0.15, -0.1) is 0 Å². The van der Waals surface area contributed by atoms with E-state index in [1.54, 1.807) is 43.5 Å². The van der Waals surface area contributed by atoms with E-state index in [9.17, 15) is 9.18 Å². The Morgan fingerprint density at radius 3 is 2.60 bits per heavy atom. The molecular weight excluding hydrogens is 343 g/mol. The van der Waals surface area contributed by atoms with Crippen molar-refractivity contribution in [2.24, 2.45) is 0 Å². The number of thiocarbonyl (C=S) groups is 1. The third-order valence-electron chi connectivity index (χ3n) is 3.71. The van der Waals surface area contributed by atoms with Gasteiger partial charge in [-0.2, -0.15) is 0 Å². The Hall–Kier alpha value is -2.93. The van der Waals surface area contributed by atoms with Gasteiger partial charge in [0.15, 0.2) is 5.11 Å². The number of carbonyl (C=O) groups is 1. The molecule has 0 radical (unpaired) electrons. The molecule has 25 heavy (non-hydrogen) atoms. The monoisotopic (exact) mass is 358 g/mol. The van der Waals surface area contributed by atoms with Crippen molar-refractivity contribution in [3.8, 4) is 11.5 Å². The summed E-state index contributed by atoms with van der Waals surface area (Å²) in [4.78, 5) is 13.8. The summed E-state index contributed by atoms with van der Waals surface area (Å²) in [6, 6.07) is 11.2. The van der Waals surface area contributed by atoms with E-state index < -0.39 is 11.7 Å². The Balaban J connectivity index is 1.97. The summed E-state index contributed by atoms with van der Waals surface area (Å²) in [7, 11) is 3.08. The lowest BCUT2D eigenvalue weighted by Gasteiger charge is -2.14. The van der Waals surface area contributed by atoms with E-state index in [1.165, 1.54) is 19.2 Å². The third kappa shape index (κ3) is 3.18. The van der Waals surface area contributed by atoms with Crippen LogP contribution in [0.5, 0.6) is 11.5 Å². The van der Waals surface area contributed by atoms with Crippen molar-refractivity contribution in [1.29, 1.82) is 0 Å². The molecule has 0 saturated carbocycles. The number of nitrogens with zero attached hydrogens (tertiary/aromatic N) is 1. The van der Waals surface area contributed by atoms with Crippen LogP contribution in [0.4, 0.5) is 10.1 Å². The second-order valence-corrected chi connectivity index (χ2v) is 5.57. The normalized spacial score (nSPS) is 15.5. The molecule has 0 unspecified atom stereocenters. The van der Waals surface area contributed by atoms with E-state index in [-0.39, 0.29) is 16.5 Å². The van der Waals surface area contributed by atoms with Gasteiger partial charge in [-0.3, -0.25) is 4.79 Å². The van der Waals surface area contributed by atoms with Gasteiger partial charge in [0.25, 0.3) is 5.91 Å². The first-order valence-electron chi connectivity index (χ1n) is 7.39. The predicted molar refractivity (Wildman–Crippen MR) is 97.1 cm³/mol. The summed E-state index contributed by atoms with van der Waals surface area (Å²) < 4.78 is 24.5. The third-order valence-corrected chi connectivity index (χ3v) is 4.00. The lowest BCUT2D eigenvalue weighted by molar-refractivity contribution is -0.113. The van der Waals surface area contributed by atoms with Crippen LogP contribution in [0, 0.1) is 5.82 Å². The molecule has 1 amide bonds. The molecule has 128 valence electrons. The minimum absolute atomic E-state index is 0.107. The van der Waals surface area contributed by atoms with Crippen molar-refractivity contribution in [2.45, 2.75) is 0 Å². The molecule has 1 saturated heterocycles. The first kappa shape index (κ1) is 16.9. The van der Waals surface area contributed by atoms with Gasteiger partial charge in [0.2, 0.25) is 0 Å². The van der Waals surface area contributed by atoms with E-state index >= 15 is 0 Å². The van der Waals surface area contributed by atoms with Gasteiger partial charge in [0.05, 0.1) is 19.9 Å². The Kier molecular flexibility index (Phi) is 4.67. The minimum atomic E-state index is -0.525. The molecular formula is C18H15FN2O3S. The zero-order chi connectivity index (χ0) is 18.0. The highest BCUT2D eigenvalue weighted by molar-refractivity contribution is 7.80. The van der Waals surface area contributed by atoms with Crippen LogP contribution in [0.1, 0.15) is 5.56 Å². The smallest absolute Gasteiger partial charge is 0.281 e. The van der Waals surface area contributed by atoms with Crippen LogP contribution >= 0.6 is 12.2 Å². The predicted octanol–water partition coefficient (Wildman–Crippen LogP) is 3.11. The summed E-state index contributed by atoms with van der Waals surface area (Å²) in [5, 5.41) is 2.94. The van der Waals surface area contributed by atoms with Crippen molar-refractivity contribution in [3.63, 3.8) is 0 Å². The van der Waals surface area contributed by atoms with Crippen LogP contribution in [0.25, 0.3) is 6.08 Å². The zero-order valence-electron chi connectivity index (χ0n) is 13.6. The summed E-state index contributed by atoms with van der Waals surface area (Å²) in [5.41, 5.74) is 1.00. The Morgan fingerprint density at radius 2 is 1.92 bits per heavy atom. The summed E-state index contributed by atoms with van der Waals surface area (Å²) >= 11 is 5.19. The van der Waals surface area contributed by atoms with Crippen LogP contribution in [-0.4, -0.2) is 25.2 Å².